The van der Waals surface area contributed by atoms with Crippen LogP contribution in [0.25, 0.3) is 10.7 Å². The van der Waals surface area contributed by atoms with Crippen LogP contribution in [0.4, 0.5) is 4.39 Å². The summed E-state index contributed by atoms with van der Waals surface area (Å²) in [4.78, 5) is 8.52. The fourth-order valence-corrected chi connectivity index (χ4v) is 2.35. The standard InChI is InChI=1S/C11H9FN2S/c12-8-3-4-9(13-5-8)11-14-10(6-15-11)7-1-2-7/h3-7H,1-2H2. The minimum Gasteiger partial charge on any atom is -0.251 e. The van der Waals surface area contributed by atoms with Crippen molar-refractivity contribution in [2.75, 3.05) is 0 Å². The lowest BCUT2D eigenvalue weighted by molar-refractivity contribution is 0.622. The van der Waals surface area contributed by atoms with Crippen LogP contribution in [0.2, 0.25) is 0 Å². The molecule has 2 heterocycles. The lowest BCUT2D eigenvalue weighted by Gasteiger charge is -1.94. The monoisotopic (exact) mass is 220 g/mol. The van der Waals surface area contributed by atoms with Crippen LogP contribution in [0.5, 0.6) is 0 Å². The van der Waals surface area contributed by atoms with Crippen LogP contribution in [0, 0.1) is 5.82 Å². The Bertz CT molecular complexity index is 474. The highest BCUT2D eigenvalue weighted by molar-refractivity contribution is 7.13. The van der Waals surface area contributed by atoms with E-state index in [4.69, 9.17) is 0 Å². The molecule has 1 aliphatic rings. The third-order valence-corrected chi connectivity index (χ3v) is 3.35. The highest BCUT2D eigenvalue weighted by Gasteiger charge is 2.26. The van der Waals surface area contributed by atoms with E-state index in [2.05, 4.69) is 15.3 Å². The molecular weight excluding hydrogens is 211 g/mol. The van der Waals surface area contributed by atoms with Crippen molar-refractivity contribution in [1.82, 2.24) is 9.97 Å². The van der Waals surface area contributed by atoms with Crippen molar-refractivity contribution >= 4 is 11.3 Å². The summed E-state index contributed by atoms with van der Waals surface area (Å²) in [7, 11) is 0. The molecule has 0 bridgehead atoms. The Morgan fingerprint density at radius 2 is 2.20 bits per heavy atom. The Labute approximate surface area is 90.8 Å². The normalized spacial score (nSPS) is 15.5. The van der Waals surface area contributed by atoms with Crippen molar-refractivity contribution < 1.29 is 4.39 Å². The summed E-state index contributed by atoms with van der Waals surface area (Å²) in [5, 5.41) is 2.97. The maximum atomic E-state index is 12.7. The van der Waals surface area contributed by atoms with E-state index < -0.39 is 0 Å². The number of aromatic nitrogens is 2. The molecule has 0 amide bonds. The summed E-state index contributed by atoms with van der Waals surface area (Å²) in [5.74, 6) is 0.355. The van der Waals surface area contributed by atoms with E-state index in [0.29, 0.717) is 5.92 Å². The fraction of sp³-hybridized carbons (Fsp3) is 0.273. The Balaban J connectivity index is 1.93. The van der Waals surface area contributed by atoms with E-state index in [1.54, 1.807) is 17.4 Å². The van der Waals surface area contributed by atoms with E-state index in [-0.39, 0.29) is 5.82 Å². The lowest BCUT2D eigenvalue weighted by atomic mass is 10.3. The molecule has 4 heteroatoms. The molecule has 2 nitrogen and oxygen atoms in total. The van der Waals surface area contributed by atoms with Crippen molar-refractivity contribution in [3.05, 3.63) is 35.2 Å². The van der Waals surface area contributed by atoms with Gasteiger partial charge in [0.25, 0.3) is 0 Å². The number of halogens is 1. The maximum Gasteiger partial charge on any atom is 0.142 e. The van der Waals surface area contributed by atoms with Crippen molar-refractivity contribution in [3.63, 3.8) is 0 Å². The number of pyridine rings is 1. The SMILES string of the molecule is Fc1ccc(-c2nc(C3CC3)cs2)nc1. The van der Waals surface area contributed by atoms with Gasteiger partial charge in [0, 0.05) is 11.3 Å². The van der Waals surface area contributed by atoms with Gasteiger partial charge in [-0.25, -0.2) is 9.37 Å². The summed E-state index contributed by atoms with van der Waals surface area (Å²) in [6.45, 7) is 0. The van der Waals surface area contributed by atoms with E-state index >= 15 is 0 Å². The molecule has 0 unspecified atom stereocenters. The van der Waals surface area contributed by atoms with E-state index in [9.17, 15) is 4.39 Å². The average Bonchev–Trinajstić information content (AvgIpc) is 2.99. The highest BCUT2D eigenvalue weighted by atomic mass is 32.1. The minimum atomic E-state index is -0.308. The van der Waals surface area contributed by atoms with Crippen molar-refractivity contribution in [1.29, 1.82) is 0 Å². The number of hydrogen-bond donors (Lipinski definition) is 0. The summed E-state index contributed by atoms with van der Waals surface area (Å²) in [6, 6.07) is 3.09. The van der Waals surface area contributed by atoms with Gasteiger partial charge < -0.3 is 0 Å². The zero-order valence-corrected chi connectivity index (χ0v) is 8.80. The summed E-state index contributed by atoms with van der Waals surface area (Å²) >= 11 is 1.58. The zero-order valence-electron chi connectivity index (χ0n) is 7.98. The van der Waals surface area contributed by atoms with Gasteiger partial charge in [0.2, 0.25) is 0 Å². The molecule has 3 rings (SSSR count). The van der Waals surface area contributed by atoms with Gasteiger partial charge in [-0.2, -0.15) is 0 Å². The molecule has 1 saturated carbocycles. The second-order valence-corrected chi connectivity index (χ2v) is 4.57. The second kappa shape index (κ2) is 3.38. The molecule has 1 aliphatic carbocycles. The first-order chi connectivity index (χ1) is 7.33. The molecule has 1 fully saturated rings. The molecule has 15 heavy (non-hydrogen) atoms. The van der Waals surface area contributed by atoms with Crippen LogP contribution < -0.4 is 0 Å². The van der Waals surface area contributed by atoms with Gasteiger partial charge in [0.05, 0.1) is 17.6 Å². The van der Waals surface area contributed by atoms with E-state index in [1.165, 1.54) is 30.8 Å². The third-order valence-electron chi connectivity index (χ3n) is 2.46. The molecule has 0 N–H and O–H groups in total. The lowest BCUT2D eigenvalue weighted by Crippen LogP contribution is -1.84. The predicted octanol–water partition coefficient (Wildman–Crippen LogP) is 3.22. The van der Waals surface area contributed by atoms with Gasteiger partial charge >= 0.3 is 0 Å². The molecule has 2 aromatic heterocycles. The van der Waals surface area contributed by atoms with Gasteiger partial charge in [-0.1, -0.05) is 0 Å². The zero-order chi connectivity index (χ0) is 10.3. The Morgan fingerprint density at radius 1 is 1.33 bits per heavy atom. The number of nitrogens with zero attached hydrogens (tertiary/aromatic N) is 2. The molecule has 0 spiro atoms. The molecule has 0 radical (unpaired) electrons. The number of rotatable bonds is 2. The molecular formula is C11H9FN2S. The van der Waals surface area contributed by atoms with E-state index in [1.807, 2.05) is 0 Å². The summed E-state index contributed by atoms with van der Waals surface area (Å²) in [6.07, 6.45) is 3.73. The minimum absolute atomic E-state index is 0.308. The van der Waals surface area contributed by atoms with Gasteiger partial charge in [0.15, 0.2) is 0 Å². The smallest absolute Gasteiger partial charge is 0.142 e. The topological polar surface area (TPSA) is 25.8 Å². The van der Waals surface area contributed by atoms with Crippen LogP contribution in [0.15, 0.2) is 23.7 Å². The highest BCUT2D eigenvalue weighted by Crippen LogP contribution is 2.41. The first-order valence-corrected chi connectivity index (χ1v) is 5.78. The Kier molecular flexibility index (Phi) is 2.02. The first-order valence-electron chi connectivity index (χ1n) is 4.90. The predicted molar refractivity (Wildman–Crippen MR) is 57.3 cm³/mol. The summed E-state index contributed by atoms with van der Waals surface area (Å²) < 4.78 is 12.7. The van der Waals surface area contributed by atoms with Gasteiger partial charge in [0.1, 0.15) is 10.8 Å². The Morgan fingerprint density at radius 3 is 2.87 bits per heavy atom. The largest absolute Gasteiger partial charge is 0.251 e. The average molecular weight is 220 g/mol. The van der Waals surface area contributed by atoms with Gasteiger partial charge in [-0.15, -0.1) is 11.3 Å². The fourth-order valence-electron chi connectivity index (χ4n) is 1.47. The molecule has 0 aliphatic heterocycles. The molecule has 0 saturated heterocycles. The summed E-state index contributed by atoms with van der Waals surface area (Å²) in [5.41, 5.74) is 1.93. The van der Waals surface area contributed by atoms with Crippen LogP contribution in [0.3, 0.4) is 0 Å². The number of thiazole rings is 1. The van der Waals surface area contributed by atoms with Crippen molar-refractivity contribution in [2.24, 2.45) is 0 Å². The molecule has 76 valence electrons. The van der Waals surface area contributed by atoms with Crippen molar-refractivity contribution in [2.45, 2.75) is 18.8 Å². The van der Waals surface area contributed by atoms with Crippen molar-refractivity contribution in [3.8, 4) is 10.7 Å². The molecule has 0 atom stereocenters. The van der Waals surface area contributed by atoms with E-state index in [0.717, 1.165) is 10.7 Å². The van der Waals surface area contributed by atoms with Crippen LogP contribution in [-0.2, 0) is 0 Å². The molecule has 0 aromatic carbocycles. The van der Waals surface area contributed by atoms with Gasteiger partial charge in [-0.3, -0.25) is 4.98 Å². The number of hydrogen-bond acceptors (Lipinski definition) is 3. The first kappa shape index (κ1) is 8.97. The molecule has 2 aromatic rings. The third kappa shape index (κ3) is 1.77. The Hall–Kier alpha value is -1.29. The van der Waals surface area contributed by atoms with Crippen LogP contribution >= 0.6 is 11.3 Å². The maximum absolute atomic E-state index is 12.7. The quantitative estimate of drug-likeness (QED) is 0.776. The van der Waals surface area contributed by atoms with Gasteiger partial charge in [-0.05, 0) is 25.0 Å². The van der Waals surface area contributed by atoms with Crippen LogP contribution in [-0.4, -0.2) is 9.97 Å². The van der Waals surface area contributed by atoms with Crippen LogP contribution in [0.1, 0.15) is 24.5 Å². The second-order valence-electron chi connectivity index (χ2n) is 3.71.